The lowest BCUT2D eigenvalue weighted by Gasteiger charge is -2.18. The maximum atomic E-state index is 12.5. The zero-order chi connectivity index (χ0) is 17.1. The van der Waals surface area contributed by atoms with Crippen LogP contribution in [0.2, 0.25) is 0 Å². The summed E-state index contributed by atoms with van der Waals surface area (Å²) in [6, 6.07) is 6.99. The lowest BCUT2D eigenvalue weighted by molar-refractivity contribution is -0.143. The third-order valence-corrected chi connectivity index (χ3v) is 4.01. The van der Waals surface area contributed by atoms with Crippen LogP contribution in [0, 0.1) is 0 Å². The molecule has 0 radical (unpaired) electrons. The summed E-state index contributed by atoms with van der Waals surface area (Å²) in [5, 5.41) is 3.13. The zero-order valence-corrected chi connectivity index (χ0v) is 13.7. The zero-order valence-electron chi connectivity index (χ0n) is 13.7. The molecule has 0 aliphatic carbocycles. The number of benzene rings is 1. The average molecular weight is 328 g/mol. The van der Waals surface area contributed by atoms with Crippen molar-refractivity contribution in [1.29, 1.82) is 0 Å². The van der Waals surface area contributed by atoms with Gasteiger partial charge in [-0.2, -0.15) is 0 Å². The Morgan fingerprint density at radius 3 is 2.92 bits per heavy atom. The Balaban J connectivity index is 1.74. The number of ether oxygens (including phenoxy) is 1. The summed E-state index contributed by atoms with van der Waals surface area (Å²) in [5.74, 6) is -0.349. The van der Waals surface area contributed by atoms with Crippen molar-refractivity contribution in [3.63, 3.8) is 0 Å². The quantitative estimate of drug-likeness (QED) is 0.855. The summed E-state index contributed by atoms with van der Waals surface area (Å²) in [5.41, 5.74) is 3.36. The number of esters is 1. The summed E-state index contributed by atoms with van der Waals surface area (Å²) < 4.78 is 9.98. The highest BCUT2D eigenvalue weighted by molar-refractivity contribution is 6.07. The van der Waals surface area contributed by atoms with Gasteiger partial charge in [0.1, 0.15) is 12.3 Å². The second-order valence-electron chi connectivity index (χ2n) is 5.68. The number of carbonyl (C=O) groups excluding carboxylic acids is 2. The molecule has 0 saturated carbocycles. The van der Waals surface area contributed by atoms with Gasteiger partial charge >= 0.3 is 5.97 Å². The van der Waals surface area contributed by atoms with Crippen LogP contribution in [-0.4, -0.2) is 31.1 Å². The minimum Gasteiger partial charge on any atom is -0.472 e. The smallest absolute Gasteiger partial charge is 0.328 e. The fourth-order valence-corrected chi connectivity index (χ4v) is 2.82. The highest BCUT2D eigenvalue weighted by atomic mass is 16.5. The number of nitrogens with one attached hydrogen (secondary N) is 1. The van der Waals surface area contributed by atoms with Crippen LogP contribution in [0.4, 0.5) is 11.4 Å². The van der Waals surface area contributed by atoms with E-state index in [0.717, 1.165) is 23.4 Å². The molecule has 0 spiro atoms. The topological polar surface area (TPSA) is 71.8 Å². The van der Waals surface area contributed by atoms with E-state index >= 15 is 0 Å². The van der Waals surface area contributed by atoms with E-state index in [4.69, 9.17) is 9.15 Å². The van der Waals surface area contributed by atoms with Crippen LogP contribution in [0.1, 0.15) is 29.8 Å². The third kappa shape index (κ3) is 3.13. The van der Waals surface area contributed by atoms with E-state index < -0.39 is 6.04 Å². The molecule has 1 aromatic heterocycles. The first-order valence-electron chi connectivity index (χ1n) is 8.00. The van der Waals surface area contributed by atoms with E-state index in [0.29, 0.717) is 18.7 Å². The molecule has 0 fully saturated rings. The molecule has 2 heterocycles. The molecule has 3 rings (SSSR count). The number of amides is 1. The monoisotopic (exact) mass is 328 g/mol. The van der Waals surface area contributed by atoms with Crippen LogP contribution in [0.25, 0.3) is 0 Å². The number of nitrogens with zero attached hydrogens (tertiary/aromatic N) is 1. The van der Waals surface area contributed by atoms with Crippen LogP contribution in [0.5, 0.6) is 0 Å². The molecule has 1 aliphatic rings. The minimum atomic E-state index is -0.423. The van der Waals surface area contributed by atoms with Gasteiger partial charge in [0.2, 0.25) is 0 Å². The van der Waals surface area contributed by atoms with Crippen LogP contribution < -0.4 is 10.2 Å². The molecule has 1 amide bonds. The Kier molecular flexibility index (Phi) is 4.55. The van der Waals surface area contributed by atoms with Crippen molar-refractivity contribution >= 4 is 23.3 Å². The average Bonchev–Trinajstić information content (AvgIpc) is 3.24. The Hall–Kier alpha value is -2.76. The second-order valence-corrected chi connectivity index (χ2v) is 5.68. The molecule has 6 heteroatoms. The largest absolute Gasteiger partial charge is 0.472 e. The van der Waals surface area contributed by atoms with Gasteiger partial charge in [-0.15, -0.1) is 0 Å². The number of furan rings is 1. The number of hydrogen-bond acceptors (Lipinski definition) is 5. The maximum Gasteiger partial charge on any atom is 0.328 e. The van der Waals surface area contributed by atoms with E-state index in [-0.39, 0.29) is 11.9 Å². The number of rotatable bonds is 5. The van der Waals surface area contributed by atoms with E-state index in [1.54, 1.807) is 24.8 Å². The van der Waals surface area contributed by atoms with Crippen LogP contribution in [0.3, 0.4) is 0 Å². The van der Waals surface area contributed by atoms with Crippen LogP contribution in [-0.2, 0) is 16.0 Å². The Bertz CT molecular complexity index is 739. The molecular formula is C18H20N2O4. The number of anilines is 2. The molecule has 0 bridgehead atoms. The van der Waals surface area contributed by atoms with Crippen molar-refractivity contribution in [2.75, 3.05) is 23.4 Å². The van der Waals surface area contributed by atoms with Gasteiger partial charge in [0.15, 0.2) is 0 Å². The maximum absolute atomic E-state index is 12.5. The van der Waals surface area contributed by atoms with Crippen molar-refractivity contribution in [1.82, 2.24) is 0 Å². The number of fused-ring (bicyclic) bond motifs is 1. The summed E-state index contributed by atoms with van der Waals surface area (Å²) in [6.07, 6.45) is 3.73. The molecule has 2 aromatic rings. The molecule has 1 unspecified atom stereocenters. The minimum absolute atomic E-state index is 0.0666. The molecule has 0 saturated heterocycles. The Morgan fingerprint density at radius 2 is 2.21 bits per heavy atom. The van der Waals surface area contributed by atoms with Gasteiger partial charge in [0.25, 0.3) is 5.91 Å². The van der Waals surface area contributed by atoms with Crippen molar-refractivity contribution < 1.29 is 18.7 Å². The van der Waals surface area contributed by atoms with Gasteiger partial charge in [-0.25, -0.2) is 4.79 Å². The summed E-state index contributed by atoms with van der Waals surface area (Å²) in [7, 11) is 0. The lowest BCUT2D eigenvalue weighted by Crippen LogP contribution is -2.28. The van der Waals surface area contributed by atoms with Gasteiger partial charge in [-0.3, -0.25) is 4.79 Å². The van der Waals surface area contributed by atoms with Crippen molar-refractivity contribution in [3.8, 4) is 0 Å². The van der Waals surface area contributed by atoms with Crippen LogP contribution in [0.15, 0.2) is 41.2 Å². The predicted molar refractivity (Wildman–Crippen MR) is 90.2 cm³/mol. The van der Waals surface area contributed by atoms with Gasteiger partial charge in [0.05, 0.1) is 18.4 Å². The van der Waals surface area contributed by atoms with Crippen molar-refractivity contribution in [2.45, 2.75) is 26.3 Å². The number of hydrogen-bond donors (Lipinski definition) is 1. The molecule has 24 heavy (non-hydrogen) atoms. The van der Waals surface area contributed by atoms with E-state index in [2.05, 4.69) is 5.32 Å². The Labute approximate surface area is 140 Å². The fraction of sp³-hybridized carbons (Fsp3) is 0.333. The van der Waals surface area contributed by atoms with Crippen LogP contribution >= 0.6 is 0 Å². The van der Waals surface area contributed by atoms with Crippen molar-refractivity contribution in [2.24, 2.45) is 0 Å². The predicted octanol–water partition coefficient (Wildman–Crippen LogP) is 2.85. The van der Waals surface area contributed by atoms with Gasteiger partial charge in [-0.05, 0) is 50.1 Å². The summed E-state index contributed by atoms with van der Waals surface area (Å²) >= 11 is 0. The van der Waals surface area contributed by atoms with E-state index in [1.165, 1.54) is 12.5 Å². The molecule has 1 N–H and O–H groups in total. The lowest BCUT2D eigenvalue weighted by atomic mass is 10.1. The molecule has 1 aliphatic heterocycles. The second kappa shape index (κ2) is 6.78. The van der Waals surface area contributed by atoms with Gasteiger partial charge in [0, 0.05) is 17.9 Å². The normalized spacial score (nSPS) is 14.2. The standard InChI is InChI=1S/C18H20N2O4/c1-3-24-18(22)12(2)19-15-4-5-16-13(10-15)6-8-20(16)17(21)14-7-9-23-11-14/h4-5,7,9-12,19H,3,6,8H2,1-2H3. The van der Waals surface area contributed by atoms with Gasteiger partial charge in [-0.1, -0.05) is 0 Å². The van der Waals surface area contributed by atoms with E-state index in [1.807, 2.05) is 18.2 Å². The van der Waals surface area contributed by atoms with Gasteiger partial charge < -0.3 is 19.4 Å². The first-order chi connectivity index (χ1) is 11.6. The summed E-state index contributed by atoms with van der Waals surface area (Å²) in [6.45, 7) is 4.54. The molecule has 6 nitrogen and oxygen atoms in total. The SMILES string of the molecule is CCOC(=O)C(C)Nc1ccc2c(c1)CCN2C(=O)c1ccoc1. The first-order valence-corrected chi connectivity index (χ1v) is 8.00. The highest BCUT2D eigenvalue weighted by Crippen LogP contribution is 2.31. The van der Waals surface area contributed by atoms with Crippen molar-refractivity contribution in [3.05, 3.63) is 47.9 Å². The molecule has 126 valence electrons. The first kappa shape index (κ1) is 16.1. The molecule has 1 atom stereocenters. The van der Waals surface area contributed by atoms with E-state index in [9.17, 15) is 9.59 Å². The molecular weight excluding hydrogens is 308 g/mol. The number of carbonyl (C=O) groups is 2. The summed E-state index contributed by atoms with van der Waals surface area (Å²) in [4.78, 5) is 25.9. The fourth-order valence-electron chi connectivity index (χ4n) is 2.82. The third-order valence-electron chi connectivity index (χ3n) is 4.01. The highest BCUT2D eigenvalue weighted by Gasteiger charge is 2.26. The Morgan fingerprint density at radius 1 is 1.38 bits per heavy atom. The molecule has 1 aromatic carbocycles.